The Morgan fingerprint density at radius 1 is 1.24 bits per heavy atom. The van der Waals surface area contributed by atoms with E-state index >= 15 is 0 Å². The fourth-order valence-electron chi connectivity index (χ4n) is 2.56. The van der Waals surface area contributed by atoms with Crippen LogP contribution in [0, 0.1) is 20.8 Å². The quantitative estimate of drug-likeness (QED) is 0.632. The molecule has 0 radical (unpaired) electrons. The van der Waals surface area contributed by atoms with E-state index in [2.05, 4.69) is 29.4 Å². The van der Waals surface area contributed by atoms with Crippen molar-refractivity contribution in [1.29, 1.82) is 0 Å². The molecule has 2 aromatic heterocycles. The zero-order valence-electron chi connectivity index (χ0n) is 14.8. The Hall–Kier alpha value is -1.92. The van der Waals surface area contributed by atoms with E-state index in [4.69, 9.17) is 4.98 Å². The second-order valence-corrected chi connectivity index (χ2v) is 8.39. The summed E-state index contributed by atoms with van der Waals surface area (Å²) < 4.78 is 0. The number of hydrogen-bond donors (Lipinski definition) is 1. The van der Waals surface area contributed by atoms with Crippen molar-refractivity contribution in [2.75, 3.05) is 5.32 Å². The number of carbonyl (C=O) groups excluding carboxylic acids is 1. The summed E-state index contributed by atoms with van der Waals surface area (Å²) in [6.45, 7) is 8.06. The average molecular weight is 372 g/mol. The first-order valence-electron chi connectivity index (χ1n) is 8.26. The van der Waals surface area contributed by atoms with Gasteiger partial charge >= 0.3 is 0 Å². The number of para-hydroxylation sites is 1. The Bertz CT molecular complexity index is 901. The smallest absolute Gasteiger partial charge is 0.239 e. The molecule has 0 aliphatic rings. The topological polar surface area (TPSA) is 54.9 Å². The molecule has 1 unspecified atom stereocenters. The first-order valence-corrected chi connectivity index (χ1v) is 9.95. The number of thioether (sulfide) groups is 1. The summed E-state index contributed by atoms with van der Waals surface area (Å²) in [6.07, 6.45) is 0.730. The Labute approximate surface area is 156 Å². The van der Waals surface area contributed by atoms with Crippen molar-refractivity contribution in [2.24, 2.45) is 0 Å². The fourth-order valence-corrected chi connectivity index (χ4v) is 4.40. The fraction of sp³-hybridized carbons (Fsp3) is 0.316. The first-order chi connectivity index (χ1) is 12.0. The van der Waals surface area contributed by atoms with Gasteiger partial charge in [0.25, 0.3) is 0 Å². The van der Waals surface area contributed by atoms with E-state index in [-0.39, 0.29) is 11.2 Å². The highest BCUT2D eigenvalue weighted by Crippen LogP contribution is 2.29. The molecule has 1 N–H and O–H groups in total. The van der Waals surface area contributed by atoms with Crippen molar-refractivity contribution in [3.8, 4) is 0 Å². The normalized spacial score (nSPS) is 12.3. The maximum atomic E-state index is 12.6. The van der Waals surface area contributed by atoms with Crippen LogP contribution in [0.2, 0.25) is 0 Å². The highest BCUT2D eigenvalue weighted by atomic mass is 32.2. The van der Waals surface area contributed by atoms with Crippen LogP contribution in [0.1, 0.15) is 29.5 Å². The van der Waals surface area contributed by atoms with Crippen molar-refractivity contribution in [3.05, 3.63) is 46.5 Å². The van der Waals surface area contributed by atoms with Crippen LogP contribution in [0.25, 0.3) is 10.9 Å². The Balaban J connectivity index is 1.78. The lowest BCUT2D eigenvalue weighted by atomic mass is 10.1. The molecule has 1 aromatic carbocycles. The molecule has 1 amide bonds. The lowest BCUT2D eigenvalue weighted by Gasteiger charge is -2.14. The zero-order chi connectivity index (χ0) is 18.0. The second-order valence-electron chi connectivity index (χ2n) is 5.96. The van der Waals surface area contributed by atoms with E-state index in [9.17, 15) is 4.79 Å². The minimum Gasteiger partial charge on any atom is -0.301 e. The van der Waals surface area contributed by atoms with Crippen molar-refractivity contribution < 1.29 is 4.79 Å². The molecule has 25 heavy (non-hydrogen) atoms. The molecule has 4 nitrogen and oxygen atoms in total. The van der Waals surface area contributed by atoms with Crippen LogP contribution >= 0.6 is 23.1 Å². The number of thiazole rings is 1. The number of carbonyl (C=O) groups is 1. The Kier molecular flexibility index (Phi) is 5.39. The molecule has 0 spiro atoms. The SMILES string of the molecule is CCC(Sc1cc(C)c2ccccc2n1)C(=O)Nc1nc(C)c(C)s1. The van der Waals surface area contributed by atoms with E-state index in [1.807, 2.05) is 39.0 Å². The lowest BCUT2D eigenvalue weighted by molar-refractivity contribution is -0.115. The van der Waals surface area contributed by atoms with Gasteiger partial charge in [-0.1, -0.05) is 36.9 Å². The van der Waals surface area contributed by atoms with Crippen LogP contribution in [-0.2, 0) is 4.79 Å². The summed E-state index contributed by atoms with van der Waals surface area (Å²) in [5.74, 6) is -0.0196. The number of pyridine rings is 1. The van der Waals surface area contributed by atoms with E-state index in [0.29, 0.717) is 5.13 Å². The van der Waals surface area contributed by atoms with Crippen LogP contribution in [0.3, 0.4) is 0 Å². The van der Waals surface area contributed by atoms with Crippen LogP contribution in [0.15, 0.2) is 35.4 Å². The molecule has 2 heterocycles. The van der Waals surface area contributed by atoms with Crippen molar-refractivity contribution in [3.63, 3.8) is 0 Å². The van der Waals surface area contributed by atoms with Crippen LogP contribution in [0.4, 0.5) is 5.13 Å². The molecular formula is C19H21N3OS2. The van der Waals surface area contributed by atoms with Crippen LogP contribution < -0.4 is 5.32 Å². The minimum atomic E-state index is -0.197. The van der Waals surface area contributed by atoms with E-state index in [1.165, 1.54) is 28.7 Å². The Morgan fingerprint density at radius 3 is 2.68 bits per heavy atom. The van der Waals surface area contributed by atoms with Crippen molar-refractivity contribution in [1.82, 2.24) is 9.97 Å². The summed E-state index contributed by atoms with van der Waals surface area (Å²) in [7, 11) is 0. The minimum absolute atomic E-state index is 0.0196. The van der Waals surface area contributed by atoms with Gasteiger partial charge in [0.1, 0.15) is 0 Å². The molecule has 1 atom stereocenters. The van der Waals surface area contributed by atoms with Crippen LogP contribution in [0.5, 0.6) is 0 Å². The van der Waals surface area contributed by atoms with Gasteiger partial charge in [0.2, 0.25) is 5.91 Å². The molecule has 0 bridgehead atoms. The van der Waals surface area contributed by atoms with E-state index in [1.54, 1.807) is 0 Å². The third kappa shape index (κ3) is 4.02. The molecule has 0 aliphatic heterocycles. The average Bonchev–Trinajstić information content (AvgIpc) is 2.90. The van der Waals surface area contributed by atoms with Gasteiger partial charge in [0.15, 0.2) is 5.13 Å². The molecule has 0 saturated heterocycles. The van der Waals surface area contributed by atoms with Gasteiger partial charge in [0, 0.05) is 10.3 Å². The van der Waals surface area contributed by atoms with Gasteiger partial charge in [0.05, 0.1) is 21.5 Å². The largest absolute Gasteiger partial charge is 0.301 e. The number of aryl methyl sites for hydroxylation is 3. The van der Waals surface area contributed by atoms with Crippen molar-refractivity contribution in [2.45, 2.75) is 44.4 Å². The van der Waals surface area contributed by atoms with Gasteiger partial charge in [-0.05, 0) is 44.9 Å². The number of anilines is 1. The number of nitrogens with one attached hydrogen (secondary N) is 1. The summed E-state index contributed by atoms with van der Waals surface area (Å²) in [4.78, 5) is 22.8. The van der Waals surface area contributed by atoms with Gasteiger partial charge in [-0.2, -0.15) is 0 Å². The summed E-state index contributed by atoms with van der Waals surface area (Å²) in [6, 6.07) is 10.1. The second kappa shape index (κ2) is 7.54. The van der Waals surface area contributed by atoms with E-state index < -0.39 is 0 Å². The van der Waals surface area contributed by atoms with Gasteiger partial charge < -0.3 is 5.32 Å². The van der Waals surface area contributed by atoms with Gasteiger partial charge in [-0.3, -0.25) is 4.79 Å². The first kappa shape index (κ1) is 17.9. The maximum absolute atomic E-state index is 12.6. The van der Waals surface area contributed by atoms with E-state index in [0.717, 1.165) is 32.9 Å². The molecule has 130 valence electrons. The maximum Gasteiger partial charge on any atom is 0.239 e. The van der Waals surface area contributed by atoms with Crippen LogP contribution in [-0.4, -0.2) is 21.1 Å². The molecule has 0 fully saturated rings. The predicted octanol–water partition coefficient (Wildman–Crippen LogP) is 5.13. The zero-order valence-corrected chi connectivity index (χ0v) is 16.4. The van der Waals surface area contributed by atoms with Gasteiger partial charge in [-0.15, -0.1) is 11.3 Å². The number of nitrogens with zero attached hydrogens (tertiary/aromatic N) is 2. The standard InChI is InChI=1S/C19H21N3OS2/c1-5-16(18(23)22-19-20-12(3)13(4)24-19)25-17-10-11(2)14-8-6-7-9-15(14)21-17/h6-10,16H,5H2,1-4H3,(H,20,22,23). The lowest BCUT2D eigenvalue weighted by Crippen LogP contribution is -2.24. The number of fused-ring (bicyclic) bond motifs is 1. The Morgan fingerprint density at radius 2 is 2.00 bits per heavy atom. The number of amides is 1. The molecule has 3 aromatic rings. The molecule has 3 rings (SSSR count). The number of benzene rings is 1. The van der Waals surface area contributed by atoms with Gasteiger partial charge in [-0.25, -0.2) is 9.97 Å². The summed E-state index contributed by atoms with van der Waals surface area (Å²) in [5, 5.41) is 5.45. The molecule has 0 aliphatic carbocycles. The molecular weight excluding hydrogens is 350 g/mol. The number of rotatable bonds is 5. The summed E-state index contributed by atoms with van der Waals surface area (Å²) >= 11 is 3.02. The number of aromatic nitrogens is 2. The predicted molar refractivity (Wildman–Crippen MR) is 107 cm³/mol. The highest BCUT2D eigenvalue weighted by molar-refractivity contribution is 8.00. The molecule has 6 heteroatoms. The third-order valence-corrected chi connectivity index (χ3v) is 6.36. The number of hydrogen-bond acceptors (Lipinski definition) is 5. The summed E-state index contributed by atoms with van der Waals surface area (Å²) in [5.41, 5.74) is 3.11. The molecule has 0 saturated carbocycles. The third-order valence-electron chi connectivity index (χ3n) is 4.08. The monoisotopic (exact) mass is 371 g/mol. The highest BCUT2D eigenvalue weighted by Gasteiger charge is 2.20. The van der Waals surface area contributed by atoms with Crippen molar-refractivity contribution >= 4 is 45.0 Å².